The fourth-order valence-electron chi connectivity index (χ4n) is 2.10. The van der Waals surface area contributed by atoms with Crippen molar-refractivity contribution in [3.63, 3.8) is 0 Å². The third-order valence-corrected chi connectivity index (χ3v) is 4.06. The van der Waals surface area contributed by atoms with Crippen LogP contribution in [0, 0.1) is 11.3 Å². The molecular weight excluding hydrogens is 253 g/mol. The van der Waals surface area contributed by atoms with Crippen LogP contribution in [0.15, 0.2) is 18.2 Å². The van der Waals surface area contributed by atoms with Gasteiger partial charge in [0.25, 0.3) is 0 Å². The van der Waals surface area contributed by atoms with Crippen LogP contribution in [0.1, 0.15) is 38.8 Å². The summed E-state index contributed by atoms with van der Waals surface area (Å²) in [6.07, 6.45) is 1.13. The number of hydrogen-bond acceptors (Lipinski definition) is 4. The lowest BCUT2D eigenvalue weighted by Crippen LogP contribution is -2.41. The Hall–Kier alpha value is -1.64. The number of carbonyl (C=O) groups excluding carboxylic acids is 1. The normalized spacial score (nSPS) is 19.6. The number of benzene rings is 1. The Kier molecular flexibility index (Phi) is 3.72. The zero-order valence-corrected chi connectivity index (χ0v) is 12.3. The van der Waals surface area contributed by atoms with Crippen molar-refractivity contribution in [1.82, 2.24) is 0 Å². The topological polar surface area (TPSA) is 59.3 Å². The van der Waals surface area contributed by atoms with E-state index < -0.39 is 18.3 Å². The van der Waals surface area contributed by atoms with Gasteiger partial charge >= 0.3 is 7.12 Å². The van der Waals surface area contributed by atoms with Gasteiger partial charge in [0, 0.05) is 11.9 Å². The first-order valence-electron chi connectivity index (χ1n) is 6.63. The molecule has 0 aliphatic carbocycles. The average molecular weight is 271 g/mol. The molecule has 20 heavy (non-hydrogen) atoms. The first-order valence-corrected chi connectivity index (χ1v) is 6.63. The summed E-state index contributed by atoms with van der Waals surface area (Å²) in [4.78, 5) is 10.6. The van der Waals surface area contributed by atoms with Crippen LogP contribution in [0.25, 0.3) is 0 Å². The maximum atomic E-state index is 10.6. The number of rotatable bonds is 3. The Bertz CT molecular complexity index is 559. The van der Waals surface area contributed by atoms with Crippen LogP contribution >= 0.6 is 0 Å². The Labute approximate surface area is 119 Å². The minimum absolute atomic E-state index is 0.304. The molecule has 0 unspecified atom stereocenters. The molecule has 104 valence electrons. The summed E-state index contributed by atoms with van der Waals surface area (Å²) < 4.78 is 11.9. The molecular formula is C15H18BNO3. The van der Waals surface area contributed by atoms with E-state index in [1.54, 1.807) is 12.1 Å². The number of carbonyl (C=O) groups is 1. The van der Waals surface area contributed by atoms with Crippen molar-refractivity contribution >= 4 is 18.9 Å². The van der Waals surface area contributed by atoms with Gasteiger partial charge in [-0.25, -0.2) is 0 Å². The maximum absolute atomic E-state index is 10.6. The molecule has 0 saturated carbocycles. The lowest BCUT2D eigenvalue weighted by atomic mass is 9.75. The van der Waals surface area contributed by atoms with Gasteiger partial charge < -0.3 is 14.1 Å². The van der Waals surface area contributed by atoms with Gasteiger partial charge in [0.1, 0.15) is 6.29 Å². The second-order valence-corrected chi connectivity index (χ2v) is 5.99. The Balaban J connectivity index is 2.36. The van der Waals surface area contributed by atoms with Crippen LogP contribution in [0.2, 0.25) is 0 Å². The van der Waals surface area contributed by atoms with E-state index in [-0.39, 0.29) is 0 Å². The van der Waals surface area contributed by atoms with Gasteiger partial charge in [0.15, 0.2) is 0 Å². The lowest BCUT2D eigenvalue weighted by molar-refractivity contribution is -0.107. The molecule has 2 rings (SSSR count). The summed E-state index contributed by atoms with van der Waals surface area (Å²) in [6, 6.07) is 7.50. The smallest absolute Gasteiger partial charge is 0.399 e. The number of nitrogens with zero attached hydrogens (tertiary/aromatic N) is 1. The van der Waals surface area contributed by atoms with Crippen molar-refractivity contribution in [3.05, 3.63) is 29.3 Å². The third kappa shape index (κ3) is 2.49. The van der Waals surface area contributed by atoms with E-state index in [0.29, 0.717) is 17.4 Å². The standard InChI is InChI=1S/C15H18BNO3/c1-14(2)15(3,4)20-16(19-14)13-6-5-11(7-8-18)9-12(13)10-17/h5-6,8-9H,7H2,1-4H3. The van der Waals surface area contributed by atoms with Gasteiger partial charge in [-0.1, -0.05) is 12.1 Å². The molecule has 1 saturated heterocycles. The van der Waals surface area contributed by atoms with Gasteiger partial charge in [-0.2, -0.15) is 5.26 Å². The van der Waals surface area contributed by atoms with E-state index in [0.717, 1.165) is 11.8 Å². The molecule has 0 spiro atoms. The SMILES string of the molecule is CC1(C)OB(c2ccc(CC=O)cc2C#N)OC1(C)C. The average Bonchev–Trinajstić information content (AvgIpc) is 2.58. The summed E-state index contributed by atoms with van der Waals surface area (Å²) in [5.41, 5.74) is 1.14. The maximum Gasteiger partial charge on any atom is 0.496 e. The largest absolute Gasteiger partial charge is 0.496 e. The van der Waals surface area contributed by atoms with Gasteiger partial charge in [0.2, 0.25) is 0 Å². The Morgan fingerprint density at radius 2 is 1.85 bits per heavy atom. The summed E-state index contributed by atoms with van der Waals surface area (Å²) >= 11 is 0. The van der Waals surface area contributed by atoms with Crippen molar-refractivity contribution in [2.24, 2.45) is 0 Å². The first-order chi connectivity index (χ1) is 9.30. The molecule has 1 fully saturated rings. The minimum atomic E-state index is -0.556. The molecule has 1 heterocycles. The summed E-state index contributed by atoms with van der Waals surface area (Å²) in [6.45, 7) is 7.89. The molecule has 0 bridgehead atoms. The van der Waals surface area contributed by atoms with Crippen molar-refractivity contribution < 1.29 is 14.1 Å². The van der Waals surface area contributed by atoms with Crippen molar-refractivity contribution in [2.45, 2.75) is 45.3 Å². The molecule has 0 aromatic heterocycles. The lowest BCUT2D eigenvalue weighted by Gasteiger charge is -2.32. The van der Waals surface area contributed by atoms with E-state index in [2.05, 4.69) is 6.07 Å². The van der Waals surface area contributed by atoms with Gasteiger partial charge in [0.05, 0.1) is 22.8 Å². The highest BCUT2D eigenvalue weighted by molar-refractivity contribution is 6.62. The number of aldehydes is 1. The quantitative estimate of drug-likeness (QED) is 0.619. The van der Waals surface area contributed by atoms with Crippen LogP contribution in [0.3, 0.4) is 0 Å². The monoisotopic (exact) mass is 271 g/mol. The van der Waals surface area contributed by atoms with Gasteiger partial charge in [-0.15, -0.1) is 0 Å². The fraction of sp³-hybridized carbons (Fsp3) is 0.467. The Morgan fingerprint density at radius 1 is 1.25 bits per heavy atom. The molecule has 1 aliphatic heterocycles. The summed E-state index contributed by atoms with van der Waals surface area (Å²) in [5, 5.41) is 9.28. The molecule has 1 aromatic carbocycles. The van der Waals surface area contributed by atoms with E-state index in [9.17, 15) is 10.1 Å². The van der Waals surface area contributed by atoms with Gasteiger partial charge in [-0.3, -0.25) is 0 Å². The van der Waals surface area contributed by atoms with Gasteiger partial charge in [-0.05, 0) is 39.3 Å². The fourth-order valence-corrected chi connectivity index (χ4v) is 2.10. The second kappa shape index (κ2) is 5.04. The van der Waals surface area contributed by atoms with E-state index in [1.807, 2.05) is 33.8 Å². The predicted octanol–water partition coefficient (Wildman–Crippen LogP) is 1.60. The van der Waals surface area contributed by atoms with Crippen molar-refractivity contribution in [3.8, 4) is 6.07 Å². The molecule has 4 nitrogen and oxygen atoms in total. The molecule has 0 amide bonds. The molecule has 1 aromatic rings. The van der Waals surface area contributed by atoms with Crippen LogP contribution in [-0.2, 0) is 20.5 Å². The Morgan fingerprint density at radius 3 is 2.35 bits per heavy atom. The summed E-state index contributed by atoms with van der Waals surface area (Å²) in [5.74, 6) is 0. The van der Waals surface area contributed by atoms with E-state index in [4.69, 9.17) is 9.31 Å². The first kappa shape index (κ1) is 14.8. The van der Waals surface area contributed by atoms with E-state index >= 15 is 0 Å². The highest BCUT2D eigenvalue weighted by atomic mass is 16.7. The minimum Gasteiger partial charge on any atom is -0.399 e. The summed E-state index contributed by atoms with van der Waals surface area (Å²) in [7, 11) is -0.556. The molecule has 1 aliphatic rings. The van der Waals surface area contributed by atoms with Crippen molar-refractivity contribution in [1.29, 1.82) is 5.26 Å². The highest BCUT2D eigenvalue weighted by Crippen LogP contribution is 2.36. The second-order valence-electron chi connectivity index (χ2n) is 5.99. The highest BCUT2D eigenvalue weighted by Gasteiger charge is 2.52. The van der Waals surface area contributed by atoms with Crippen molar-refractivity contribution in [2.75, 3.05) is 0 Å². The molecule has 0 atom stereocenters. The third-order valence-electron chi connectivity index (χ3n) is 4.06. The van der Waals surface area contributed by atoms with Crippen LogP contribution in [0.4, 0.5) is 0 Å². The number of hydrogen-bond donors (Lipinski definition) is 0. The van der Waals surface area contributed by atoms with Crippen LogP contribution < -0.4 is 5.46 Å². The zero-order valence-electron chi connectivity index (χ0n) is 12.3. The zero-order chi connectivity index (χ0) is 15.0. The predicted molar refractivity (Wildman–Crippen MR) is 76.6 cm³/mol. The molecule has 0 radical (unpaired) electrons. The van der Waals surface area contributed by atoms with Crippen LogP contribution in [-0.4, -0.2) is 24.6 Å². The van der Waals surface area contributed by atoms with Crippen LogP contribution in [0.5, 0.6) is 0 Å². The molecule has 5 heteroatoms. The number of nitriles is 1. The molecule has 0 N–H and O–H groups in total. The van der Waals surface area contributed by atoms with E-state index in [1.165, 1.54) is 0 Å².